The lowest BCUT2D eigenvalue weighted by molar-refractivity contribution is -0.115. The molecule has 0 radical (unpaired) electrons. The summed E-state index contributed by atoms with van der Waals surface area (Å²) in [6.45, 7) is 1.78. The number of amides is 1. The van der Waals surface area contributed by atoms with Crippen LogP contribution in [0, 0.1) is 0 Å². The van der Waals surface area contributed by atoms with E-state index >= 15 is 0 Å². The van der Waals surface area contributed by atoms with Crippen molar-refractivity contribution >= 4 is 46.8 Å². The van der Waals surface area contributed by atoms with Gasteiger partial charge in [-0.2, -0.15) is 4.98 Å². The average molecular weight is 446 g/mol. The average Bonchev–Trinajstić information content (AvgIpc) is 3.08. The van der Waals surface area contributed by atoms with Crippen LogP contribution in [0.15, 0.2) is 65.0 Å². The lowest BCUT2D eigenvalue weighted by Crippen LogP contribution is -2.32. The first kappa shape index (κ1) is 19.8. The van der Waals surface area contributed by atoms with E-state index in [1.165, 1.54) is 17.3 Å². The standard InChI is InChI=1S/C20H17Cl2N5OS/c1-11-16(18(23)28)17(14-8-7-13(21)9-15(14)22)27-19(24-11)25-20(26-27)29-10-12-5-3-2-4-6-12/h2-9,17H,10H2,1H3,(H2,23,28)(H,24,25,26). The van der Waals surface area contributed by atoms with Crippen molar-refractivity contribution in [2.24, 2.45) is 5.73 Å². The monoisotopic (exact) mass is 445 g/mol. The van der Waals surface area contributed by atoms with Crippen molar-refractivity contribution in [3.05, 3.63) is 81.0 Å². The van der Waals surface area contributed by atoms with Crippen LogP contribution in [0.3, 0.4) is 0 Å². The second-order valence-corrected chi connectivity index (χ2v) is 8.32. The highest BCUT2D eigenvalue weighted by atomic mass is 35.5. The first-order valence-corrected chi connectivity index (χ1v) is 10.5. The van der Waals surface area contributed by atoms with E-state index in [1.807, 2.05) is 18.2 Å². The first-order chi connectivity index (χ1) is 13.9. The number of anilines is 1. The summed E-state index contributed by atoms with van der Waals surface area (Å²) in [6.07, 6.45) is 0. The van der Waals surface area contributed by atoms with Gasteiger partial charge in [0, 0.05) is 27.1 Å². The van der Waals surface area contributed by atoms with Crippen LogP contribution in [0.25, 0.3) is 0 Å². The first-order valence-electron chi connectivity index (χ1n) is 8.80. The maximum absolute atomic E-state index is 12.2. The quantitative estimate of drug-likeness (QED) is 0.558. The molecule has 6 nitrogen and oxygen atoms in total. The minimum atomic E-state index is -0.591. The number of aromatic nitrogens is 3. The van der Waals surface area contributed by atoms with Crippen molar-refractivity contribution in [1.29, 1.82) is 0 Å². The van der Waals surface area contributed by atoms with Crippen LogP contribution in [0.2, 0.25) is 10.0 Å². The number of hydrogen-bond acceptors (Lipinski definition) is 5. The Hall–Kier alpha value is -2.48. The molecule has 1 unspecified atom stereocenters. The Labute approximate surface area is 182 Å². The number of halogens is 2. The number of fused-ring (bicyclic) bond motifs is 1. The van der Waals surface area contributed by atoms with E-state index in [4.69, 9.17) is 28.9 Å². The van der Waals surface area contributed by atoms with Crippen molar-refractivity contribution in [3.63, 3.8) is 0 Å². The number of carbonyl (C=O) groups excluding carboxylic acids is 1. The SMILES string of the molecule is CC1=C(C(N)=O)C(c2ccc(Cl)cc2Cl)n2nc(SCc3ccccc3)nc2N1. The number of nitrogens with zero attached hydrogens (tertiary/aromatic N) is 3. The molecule has 148 valence electrons. The number of hydrogen-bond donors (Lipinski definition) is 2. The van der Waals surface area contributed by atoms with Crippen LogP contribution in [-0.2, 0) is 10.5 Å². The summed E-state index contributed by atoms with van der Waals surface area (Å²) < 4.78 is 1.65. The molecule has 0 aliphatic carbocycles. The molecule has 0 fully saturated rings. The molecule has 1 aliphatic rings. The summed E-state index contributed by atoms with van der Waals surface area (Å²) in [6, 6.07) is 14.6. The Morgan fingerprint density at radius 1 is 1.24 bits per heavy atom. The zero-order chi connectivity index (χ0) is 20.5. The zero-order valence-corrected chi connectivity index (χ0v) is 17.7. The number of nitrogens with one attached hydrogen (secondary N) is 1. The third-order valence-corrected chi connectivity index (χ3v) is 6.04. The zero-order valence-electron chi connectivity index (χ0n) is 15.4. The van der Waals surface area contributed by atoms with Crippen LogP contribution in [0.5, 0.6) is 0 Å². The molecule has 4 rings (SSSR count). The third-order valence-electron chi connectivity index (χ3n) is 4.57. The molecule has 29 heavy (non-hydrogen) atoms. The molecule has 0 saturated heterocycles. The van der Waals surface area contributed by atoms with E-state index in [0.717, 1.165) is 5.75 Å². The van der Waals surface area contributed by atoms with Gasteiger partial charge in [0.05, 0.1) is 5.57 Å². The maximum Gasteiger partial charge on any atom is 0.248 e. The van der Waals surface area contributed by atoms with Gasteiger partial charge < -0.3 is 11.1 Å². The Balaban J connectivity index is 1.73. The molecule has 1 aliphatic heterocycles. The number of benzene rings is 2. The minimum Gasteiger partial charge on any atom is -0.366 e. The van der Waals surface area contributed by atoms with Crippen LogP contribution in [-0.4, -0.2) is 20.7 Å². The summed E-state index contributed by atoms with van der Waals surface area (Å²) in [5, 5.41) is 9.27. The van der Waals surface area contributed by atoms with Crippen LogP contribution < -0.4 is 11.1 Å². The molecule has 1 amide bonds. The van der Waals surface area contributed by atoms with Gasteiger partial charge in [0.1, 0.15) is 6.04 Å². The highest BCUT2D eigenvalue weighted by molar-refractivity contribution is 7.98. The Bertz CT molecular complexity index is 1110. The molecule has 2 aromatic carbocycles. The third kappa shape index (κ3) is 3.99. The van der Waals surface area contributed by atoms with Crippen molar-refractivity contribution < 1.29 is 4.79 Å². The number of rotatable bonds is 5. The fourth-order valence-electron chi connectivity index (χ4n) is 3.24. The molecule has 1 atom stereocenters. The van der Waals surface area contributed by atoms with E-state index in [2.05, 4.69) is 27.5 Å². The second-order valence-electron chi connectivity index (χ2n) is 6.53. The predicted molar refractivity (Wildman–Crippen MR) is 116 cm³/mol. The minimum absolute atomic E-state index is 0.381. The molecule has 1 aromatic heterocycles. The smallest absolute Gasteiger partial charge is 0.248 e. The van der Waals surface area contributed by atoms with Gasteiger partial charge >= 0.3 is 0 Å². The van der Waals surface area contributed by atoms with Crippen LogP contribution >= 0.6 is 35.0 Å². The van der Waals surface area contributed by atoms with Gasteiger partial charge in [0.2, 0.25) is 17.0 Å². The van der Waals surface area contributed by atoms with Crippen LogP contribution in [0.1, 0.15) is 24.1 Å². The summed E-state index contributed by atoms with van der Waals surface area (Å²) in [5.74, 6) is 0.705. The van der Waals surface area contributed by atoms with Gasteiger partial charge in [-0.3, -0.25) is 4.79 Å². The Morgan fingerprint density at radius 3 is 2.69 bits per heavy atom. The molecular formula is C20H17Cl2N5OS. The van der Waals surface area contributed by atoms with E-state index in [1.54, 1.807) is 29.8 Å². The van der Waals surface area contributed by atoms with Crippen molar-refractivity contribution in [3.8, 4) is 0 Å². The summed E-state index contributed by atoms with van der Waals surface area (Å²) >= 11 is 14.0. The normalized spacial score (nSPS) is 15.8. The summed E-state index contributed by atoms with van der Waals surface area (Å²) in [5.41, 5.74) is 8.54. The molecular weight excluding hydrogens is 429 g/mol. The number of allylic oxidation sites excluding steroid dienone is 1. The van der Waals surface area contributed by atoms with Crippen molar-refractivity contribution in [2.75, 3.05) is 5.32 Å². The van der Waals surface area contributed by atoms with Gasteiger partial charge in [-0.1, -0.05) is 71.4 Å². The highest BCUT2D eigenvalue weighted by Gasteiger charge is 2.34. The maximum atomic E-state index is 12.2. The summed E-state index contributed by atoms with van der Waals surface area (Å²) in [7, 11) is 0. The van der Waals surface area contributed by atoms with Crippen LogP contribution in [0.4, 0.5) is 5.95 Å². The van der Waals surface area contributed by atoms with Gasteiger partial charge in [-0.05, 0) is 24.6 Å². The fraction of sp³-hybridized carbons (Fsp3) is 0.150. The largest absolute Gasteiger partial charge is 0.366 e. The molecule has 0 spiro atoms. The van der Waals surface area contributed by atoms with E-state index in [0.29, 0.717) is 38.0 Å². The second kappa shape index (κ2) is 8.10. The number of primary amides is 1. The molecule has 0 saturated carbocycles. The van der Waals surface area contributed by atoms with Gasteiger partial charge in [0.25, 0.3) is 0 Å². The Kier molecular flexibility index (Phi) is 5.54. The number of carbonyl (C=O) groups is 1. The van der Waals surface area contributed by atoms with E-state index < -0.39 is 11.9 Å². The van der Waals surface area contributed by atoms with Gasteiger partial charge in [-0.25, -0.2) is 4.68 Å². The van der Waals surface area contributed by atoms with Gasteiger partial charge in [-0.15, -0.1) is 5.10 Å². The molecule has 9 heteroatoms. The predicted octanol–water partition coefficient (Wildman–Crippen LogP) is 4.65. The Morgan fingerprint density at radius 2 is 2.00 bits per heavy atom. The summed E-state index contributed by atoms with van der Waals surface area (Å²) in [4.78, 5) is 16.8. The number of nitrogens with two attached hydrogens (primary N) is 1. The molecule has 3 aromatic rings. The van der Waals surface area contributed by atoms with Crippen molar-refractivity contribution in [1.82, 2.24) is 14.8 Å². The number of thioether (sulfide) groups is 1. The lowest BCUT2D eigenvalue weighted by Gasteiger charge is -2.28. The van der Waals surface area contributed by atoms with Gasteiger partial charge in [0.15, 0.2) is 0 Å². The van der Waals surface area contributed by atoms with Crippen molar-refractivity contribution in [2.45, 2.75) is 23.9 Å². The lowest BCUT2D eigenvalue weighted by atomic mass is 9.95. The fourth-order valence-corrected chi connectivity index (χ4v) is 4.54. The molecule has 3 N–H and O–H groups in total. The molecule has 2 heterocycles. The topological polar surface area (TPSA) is 85.8 Å². The highest BCUT2D eigenvalue weighted by Crippen LogP contribution is 2.39. The van der Waals surface area contributed by atoms with E-state index in [9.17, 15) is 4.79 Å². The van der Waals surface area contributed by atoms with E-state index in [-0.39, 0.29) is 0 Å². The molecule has 0 bridgehead atoms.